The van der Waals surface area contributed by atoms with Crippen molar-refractivity contribution in [3.05, 3.63) is 124 Å². The third-order valence-corrected chi connectivity index (χ3v) is 14.9. The Balaban J connectivity index is 0.824. The van der Waals surface area contributed by atoms with Crippen molar-refractivity contribution in [1.29, 1.82) is 5.26 Å². The van der Waals surface area contributed by atoms with Crippen LogP contribution in [0.4, 0.5) is 11.6 Å². The second kappa shape index (κ2) is 19.8. The lowest BCUT2D eigenvalue weighted by Gasteiger charge is -2.63. The Kier molecular flexibility index (Phi) is 14.0. The van der Waals surface area contributed by atoms with E-state index in [0.29, 0.717) is 98.9 Å². The number of aryl methyl sites for hydroxylation is 1. The first-order valence-corrected chi connectivity index (χ1v) is 25.0. The number of anilines is 2. The average Bonchev–Trinajstić information content (AvgIpc) is 3.85. The van der Waals surface area contributed by atoms with Gasteiger partial charge in [-0.2, -0.15) is 5.26 Å². The zero-order valence-corrected chi connectivity index (χ0v) is 41.6. The Morgan fingerprint density at radius 3 is 2.39 bits per heavy atom. The van der Waals surface area contributed by atoms with Gasteiger partial charge >= 0.3 is 0 Å². The van der Waals surface area contributed by atoms with E-state index in [4.69, 9.17) is 25.8 Å². The summed E-state index contributed by atoms with van der Waals surface area (Å²) in [6.07, 6.45) is 7.66. The molecule has 0 bridgehead atoms. The number of ether oxygens (including phenoxy) is 3. The molecule has 0 spiro atoms. The molecule has 3 N–H and O–H groups in total. The number of rotatable bonds is 16. The molecule has 1 aliphatic carbocycles. The van der Waals surface area contributed by atoms with Crippen LogP contribution in [0.25, 0.3) is 22.0 Å². The molecule has 70 heavy (non-hydrogen) atoms. The normalized spacial score (nSPS) is 17.6. The number of H-pyrrole nitrogens is 1. The predicted molar refractivity (Wildman–Crippen MR) is 268 cm³/mol. The summed E-state index contributed by atoms with van der Waals surface area (Å²) < 4.78 is 48.0. The van der Waals surface area contributed by atoms with Crippen LogP contribution in [0.5, 0.6) is 17.2 Å². The fourth-order valence-electron chi connectivity index (χ4n) is 9.76. The first-order valence-electron chi connectivity index (χ1n) is 23.0. The zero-order valence-electron chi connectivity index (χ0n) is 40.1. The topological polar surface area (TPSA) is 214 Å². The summed E-state index contributed by atoms with van der Waals surface area (Å²) in [5.41, 5.74) is 1.98. The van der Waals surface area contributed by atoms with E-state index >= 15 is 0 Å². The van der Waals surface area contributed by atoms with Gasteiger partial charge in [0.15, 0.2) is 0 Å². The molecule has 366 valence electrons. The number of nitrogens with zero attached hydrogens (tertiary/aromatic N) is 6. The third kappa shape index (κ3) is 10.2. The van der Waals surface area contributed by atoms with Gasteiger partial charge in [-0.05, 0) is 74.4 Å². The van der Waals surface area contributed by atoms with Gasteiger partial charge in [0.25, 0.3) is 17.4 Å². The molecule has 2 aliphatic rings. The van der Waals surface area contributed by atoms with Crippen molar-refractivity contribution in [3.8, 4) is 34.4 Å². The van der Waals surface area contributed by atoms with Gasteiger partial charge in [-0.3, -0.25) is 19.1 Å². The highest BCUT2D eigenvalue weighted by Gasteiger charge is 2.64. The van der Waals surface area contributed by atoms with Crippen LogP contribution in [-0.4, -0.2) is 102 Å². The number of sulfonamides is 1. The minimum Gasteiger partial charge on any atom is -0.489 e. The molecule has 3 aromatic heterocycles. The number of benzene rings is 3. The lowest BCUT2D eigenvalue weighted by molar-refractivity contribution is -0.164. The van der Waals surface area contributed by atoms with Crippen LogP contribution in [0, 0.1) is 22.2 Å². The lowest BCUT2D eigenvalue weighted by Crippen LogP contribution is -2.74. The summed E-state index contributed by atoms with van der Waals surface area (Å²) in [7, 11) is -0.231. The molecule has 17 nitrogen and oxygen atoms in total. The first-order chi connectivity index (χ1) is 33.3. The molecular formula is C51H56ClN9O8S. The smallest absolute Gasteiger partial charge is 0.274 e. The van der Waals surface area contributed by atoms with Crippen molar-refractivity contribution >= 4 is 56.0 Å². The molecule has 19 heteroatoms. The van der Waals surface area contributed by atoms with Crippen molar-refractivity contribution in [2.75, 3.05) is 48.7 Å². The zero-order chi connectivity index (χ0) is 50.1. The van der Waals surface area contributed by atoms with Gasteiger partial charge < -0.3 is 38.9 Å². The molecule has 2 amide bonds. The molecular weight excluding hydrogens is 934 g/mol. The van der Waals surface area contributed by atoms with Crippen LogP contribution < -0.4 is 30.0 Å². The Morgan fingerprint density at radius 1 is 0.971 bits per heavy atom. The number of nitrogens with one attached hydrogen (secondary N) is 3. The predicted octanol–water partition coefficient (Wildman–Crippen LogP) is 7.77. The number of aromatic nitrogens is 4. The molecule has 1 saturated carbocycles. The van der Waals surface area contributed by atoms with Crippen LogP contribution in [0.15, 0.2) is 96.3 Å². The maximum atomic E-state index is 13.7. The van der Waals surface area contributed by atoms with E-state index in [0.717, 1.165) is 12.8 Å². The summed E-state index contributed by atoms with van der Waals surface area (Å²) >= 11 is 6.25. The van der Waals surface area contributed by atoms with E-state index in [1.807, 2.05) is 27.7 Å². The molecule has 0 unspecified atom stereocenters. The van der Waals surface area contributed by atoms with Crippen molar-refractivity contribution in [3.63, 3.8) is 0 Å². The third-order valence-electron chi connectivity index (χ3n) is 13.3. The molecule has 0 atom stereocenters. The number of aromatic amines is 1. The maximum absolute atomic E-state index is 13.7. The van der Waals surface area contributed by atoms with Gasteiger partial charge in [-0.25, -0.2) is 18.4 Å². The number of carbonyl (C=O) groups is 2. The highest BCUT2D eigenvalue weighted by molar-refractivity contribution is 7.92. The molecule has 6 aromatic rings. The number of amides is 2. The number of pyridine rings is 1. The molecule has 2 fully saturated rings. The second-order valence-electron chi connectivity index (χ2n) is 18.9. The van der Waals surface area contributed by atoms with E-state index < -0.39 is 20.9 Å². The van der Waals surface area contributed by atoms with Crippen molar-refractivity contribution in [1.82, 2.24) is 29.7 Å². The van der Waals surface area contributed by atoms with Crippen LogP contribution in [0.1, 0.15) is 73.7 Å². The van der Waals surface area contributed by atoms with E-state index in [2.05, 4.69) is 36.0 Å². The fraction of sp³-hybridized carbons (Fsp3) is 0.373. The minimum absolute atomic E-state index is 0.0187. The van der Waals surface area contributed by atoms with Gasteiger partial charge in [0.2, 0.25) is 16.0 Å². The summed E-state index contributed by atoms with van der Waals surface area (Å²) in [5, 5.41) is 13.4. The van der Waals surface area contributed by atoms with Gasteiger partial charge in [-0.1, -0.05) is 45.4 Å². The Morgan fingerprint density at radius 2 is 1.70 bits per heavy atom. The maximum Gasteiger partial charge on any atom is 0.274 e. The molecule has 4 heterocycles. The van der Waals surface area contributed by atoms with E-state index in [-0.39, 0.29) is 41.4 Å². The molecule has 8 rings (SSSR count). The molecule has 1 aliphatic heterocycles. The number of likely N-dealkylation sites (N-methyl/N-ethyl adjacent to an activating group) is 1. The monoisotopic (exact) mass is 989 g/mol. The van der Waals surface area contributed by atoms with Crippen LogP contribution in [-0.2, 0) is 21.8 Å². The molecule has 3 aromatic carbocycles. The average molecular weight is 991 g/mol. The Bertz CT molecular complexity index is 3140. The fourth-order valence-corrected chi connectivity index (χ4v) is 10.6. The van der Waals surface area contributed by atoms with Crippen LogP contribution in [0.3, 0.4) is 0 Å². The SMILES string of the molecule is CCS(=O)(=O)Nc1ccc(Oc2cccc(C(=O)N(C)CCOC3CCN(c4ncc(C(=O)NC5C(C)(C)C(Oc6ccc(C#N)c(Cl)c6)C5(C)C)cn4)CC3)c2)c(-c2cn(C)c(=O)c3[nH]ccc23)c1. The molecule has 0 radical (unpaired) electrons. The van der Waals surface area contributed by atoms with E-state index in [1.165, 1.54) is 4.57 Å². The number of halogens is 1. The van der Waals surface area contributed by atoms with Gasteiger partial charge in [0, 0.05) is 109 Å². The van der Waals surface area contributed by atoms with E-state index in [1.54, 1.807) is 117 Å². The minimum atomic E-state index is -3.59. The van der Waals surface area contributed by atoms with Gasteiger partial charge in [-0.15, -0.1) is 0 Å². The number of hydrogen-bond donors (Lipinski definition) is 3. The number of carbonyl (C=O) groups excluding carboxylic acids is 2. The number of piperidine rings is 1. The largest absolute Gasteiger partial charge is 0.489 e. The summed E-state index contributed by atoms with van der Waals surface area (Å²) in [5.74, 6) is 1.26. The Labute approximate surface area is 411 Å². The molecule has 1 saturated heterocycles. The number of fused-ring (bicyclic) bond motifs is 1. The van der Waals surface area contributed by atoms with Crippen LogP contribution >= 0.6 is 11.6 Å². The summed E-state index contributed by atoms with van der Waals surface area (Å²) in [6, 6.07) is 20.4. The summed E-state index contributed by atoms with van der Waals surface area (Å²) in [4.78, 5) is 55.8. The Hall–Kier alpha value is -6.94. The number of hydrogen-bond acceptors (Lipinski definition) is 12. The highest BCUT2D eigenvalue weighted by Crippen LogP contribution is 2.55. The van der Waals surface area contributed by atoms with Crippen LogP contribution in [0.2, 0.25) is 5.02 Å². The van der Waals surface area contributed by atoms with Gasteiger partial charge in [0.1, 0.15) is 34.9 Å². The quantitative estimate of drug-likeness (QED) is 0.0849. The number of nitriles is 1. The standard InChI is InChI=1S/C51H56ClN9O8S/c1-8-70(65,66)58-34-13-15-42(39(25-34)40-30-60(7)46(64)43-38(40)16-19-54-43)68-36-11-9-10-31(24-36)45(63)59(6)22-23-67-35-17-20-61(21-18-35)49-55-28-33(29-56-49)44(62)57-47-50(2,3)48(51(47,4)5)69-37-14-12-32(27-53)41(52)26-37/h9-16,19,24-26,28-30,35,47-48,54,58H,8,17-18,20-23H2,1-7H3,(H,57,62). The van der Waals surface area contributed by atoms with Crippen molar-refractivity contribution < 1.29 is 32.2 Å². The second-order valence-corrected chi connectivity index (χ2v) is 21.3. The van der Waals surface area contributed by atoms with Crippen molar-refractivity contribution in [2.45, 2.75) is 65.7 Å². The van der Waals surface area contributed by atoms with Gasteiger partial charge in [0.05, 0.1) is 34.6 Å². The summed E-state index contributed by atoms with van der Waals surface area (Å²) in [6.45, 7) is 11.7. The van der Waals surface area contributed by atoms with Crippen molar-refractivity contribution in [2.24, 2.45) is 17.9 Å². The first kappa shape index (κ1) is 49.5. The lowest BCUT2D eigenvalue weighted by atomic mass is 9.49. The highest BCUT2D eigenvalue weighted by atomic mass is 35.5. The van der Waals surface area contributed by atoms with E-state index in [9.17, 15) is 28.1 Å².